The second kappa shape index (κ2) is 3.42. The van der Waals surface area contributed by atoms with Crippen molar-refractivity contribution in [3.63, 3.8) is 0 Å². The molecule has 0 aliphatic heterocycles. The molecule has 0 atom stereocenters. The van der Waals surface area contributed by atoms with E-state index in [1.807, 2.05) is 0 Å². The molecule has 2 amide bonds. The minimum Gasteiger partial charge on any atom is -0.349 e. The highest BCUT2D eigenvalue weighted by atomic mass is 35.5. The Bertz CT molecular complexity index is 303. The maximum atomic E-state index is 10.5. The molecular weight excluding hydrogens is 180 g/mol. The van der Waals surface area contributed by atoms with Crippen LogP contribution < -0.4 is 10.8 Å². The molecule has 3 N–H and O–H groups in total. The molecule has 0 aromatic heterocycles. The van der Waals surface area contributed by atoms with E-state index in [2.05, 4.69) is 0 Å². The molecule has 0 radical (unpaired) electrons. The van der Waals surface area contributed by atoms with Crippen LogP contribution in [-0.2, 0) is 0 Å². The van der Waals surface area contributed by atoms with Crippen LogP contribution in [0.5, 0.6) is 0 Å². The standard InChI is InChI=1S/C7H7ClN2O2/c8-5-3-1-2-4-6(5)10(12)7(9)11/h1-4,12H,(H2,9,11). The van der Waals surface area contributed by atoms with Crippen LogP contribution in [0, 0.1) is 0 Å². The second-order valence-electron chi connectivity index (χ2n) is 2.10. The lowest BCUT2D eigenvalue weighted by Gasteiger charge is -2.12. The number of urea groups is 1. The SMILES string of the molecule is NC(=O)N(O)c1ccccc1Cl. The molecule has 0 fully saturated rings. The maximum absolute atomic E-state index is 10.5. The van der Waals surface area contributed by atoms with Gasteiger partial charge in [-0.3, -0.25) is 5.21 Å². The second-order valence-corrected chi connectivity index (χ2v) is 2.51. The van der Waals surface area contributed by atoms with Gasteiger partial charge in [0.25, 0.3) is 0 Å². The third-order valence-corrected chi connectivity index (χ3v) is 1.61. The number of carbonyl (C=O) groups excluding carboxylic acids is 1. The summed E-state index contributed by atoms with van der Waals surface area (Å²) < 4.78 is 0. The number of hydrogen-bond acceptors (Lipinski definition) is 2. The van der Waals surface area contributed by atoms with Crippen molar-refractivity contribution in [1.29, 1.82) is 0 Å². The molecule has 4 nitrogen and oxygen atoms in total. The molecule has 0 spiro atoms. The molecule has 12 heavy (non-hydrogen) atoms. The van der Waals surface area contributed by atoms with Crippen molar-refractivity contribution in [2.24, 2.45) is 5.73 Å². The number of rotatable bonds is 1. The number of primary amides is 1. The quantitative estimate of drug-likeness (QED) is 0.517. The van der Waals surface area contributed by atoms with E-state index in [0.29, 0.717) is 5.06 Å². The Morgan fingerprint density at radius 1 is 1.50 bits per heavy atom. The summed E-state index contributed by atoms with van der Waals surface area (Å²) in [5.41, 5.74) is 4.99. The van der Waals surface area contributed by atoms with Gasteiger partial charge in [-0.1, -0.05) is 23.7 Å². The van der Waals surface area contributed by atoms with Crippen LogP contribution in [-0.4, -0.2) is 11.2 Å². The molecule has 0 aliphatic carbocycles. The van der Waals surface area contributed by atoms with Crippen LogP contribution in [0.3, 0.4) is 0 Å². The number of nitrogens with two attached hydrogens (primary N) is 1. The highest BCUT2D eigenvalue weighted by molar-refractivity contribution is 6.33. The summed E-state index contributed by atoms with van der Waals surface area (Å²) in [6.45, 7) is 0. The first-order valence-electron chi connectivity index (χ1n) is 3.16. The van der Waals surface area contributed by atoms with Crippen LogP contribution in [0.2, 0.25) is 5.02 Å². The van der Waals surface area contributed by atoms with Crippen LogP contribution in [0.15, 0.2) is 24.3 Å². The Morgan fingerprint density at radius 2 is 2.08 bits per heavy atom. The van der Waals surface area contributed by atoms with Crippen molar-refractivity contribution in [1.82, 2.24) is 0 Å². The monoisotopic (exact) mass is 186 g/mol. The highest BCUT2D eigenvalue weighted by Crippen LogP contribution is 2.23. The van der Waals surface area contributed by atoms with Crippen molar-refractivity contribution in [3.8, 4) is 0 Å². The molecule has 0 aliphatic rings. The smallest absolute Gasteiger partial charge is 0.343 e. The van der Waals surface area contributed by atoms with Crippen molar-refractivity contribution < 1.29 is 10.0 Å². The highest BCUT2D eigenvalue weighted by Gasteiger charge is 2.11. The van der Waals surface area contributed by atoms with Gasteiger partial charge in [0.2, 0.25) is 0 Å². The maximum Gasteiger partial charge on any atom is 0.343 e. The van der Waals surface area contributed by atoms with Crippen LogP contribution in [0.4, 0.5) is 10.5 Å². The van der Waals surface area contributed by atoms with Crippen LogP contribution in [0.1, 0.15) is 0 Å². The van der Waals surface area contributed by atoms with Crippen LogP contribution in [0.25, 0.3) is 0 Å². The number of anilines is 1. The average Bonchev–Trinajstić information content (AvgIpc) is 2.04. The predicted molar refractivity (Wildman–Crippen MR) is 45.3 cm³/mol. The van der Waals surface area contributed by atoms with Gasteiger partial charge in [-0.2, -0.15) is 5.06 Å². The predicted octanol–water partition coefficient (Wildman–Crippen LogP) is 1.61. The van der Waals surface area contributed by atoms with Crippen LogP contribution >= 0.6 is 11.6 Å². The van der Waals surface area contributed by atoms with Gasteiger partial charge >= 0.3 is 6.03 Å². The number of benzene rings is 1. The third kappa shape index (κ3) is 1.66. The average molecular weight is 187 g/mol. The largest absolute Gasteiger partial charge is 0.349 e. The van der Waals surface area contributed by atoms with E-state index in [0.717, 1.165) is 0 Å². The Labute approximate surface area is 74.1 Å². The summed E-state index contributed by atoms with van der Waals surface area (Å²) in [5, 5.41) is 9.61. The van der Waals surface area contributed by atoms with E-state index in [4.69, 9.17) is 22.5 Å². The minimum atomic E-state index is -0.969. The third-order valence-electron chi connectivity index (χ3n) is 1.29. The first-order chi connectivity index (χ1) is 5.63. The number of hydroxylamine groups is 1. The number of amides is 2. The molecule has 0 bridgehead atoms. The summed E-state index contributed by atoms with van der Waals surface area (Å²) >= 11 is 5.65. The molecule has 0 unspecified atom stereocenters. The Balaban J connectivity index is 3.02. The molecule has 5 heteroatoms. The summed E-state index contributed by atoms with van der Waals surface area (Å²) in [5.74, 6) is 0. The fraction of sp³-hybridized carbons (Fsp3) is 0. The van der Waals surface area contributed by atoms with Gasteiger partial charge in [0, 0.05) is 0 Å². The van der Waals surface area contributed by atoms with Gasteiger partial charge in [-0.25, -0.2) is 4.79 Å². The first-order valence-corrected chi connectivity index (χ1v) is 3.53. The van der Waals surface area contributed by atoms with E-state index >= 15 is 0 Å². The molecule has 1 aromatic rings. The number of hydrogen-bond donors (Lipinski definition) is 2. The normalized spacial score (nSPS) is 9.50. The number of halogens is 1. The van der Waals surface area contributed by atoms with E-state index in [1.165, 1.54) is 6.07 Å². The zero-order valence-corrected chi connectivity index (χ0v) is 6.82. The van der Waals surface area contributed by atoms with Gasteiger partial charge < -0.3 is 5.73 Å². The Morgan fingerprint density at radius 3 is 2.58 bits per heavy atom. The molecule has 0 saturated heterocycles. The Kier molecular flexibility index (Phi) is 2.52. The van der Waals surface area contributed by atoms with E-state index in [-0.39, 0.29) is 10.7 Å². The molecule has 0 heterocycles. The number of nitrogens with zero attached hydrogens (tertiary/aromatic N) is 1. The van der Waals surface area contributed by atoms with Gasteiger partial charge in [0.05, 0.1) is 10.7 Å². The van der Waals surface area contributed by atoms with E-state index < -0.39 is 6.03 Å². The zero-order valence-electron chi connectivity index (χ0n) is 6.07. The van der Waals surface area contributed by atoms with Crippen molar-refractivity contribution >= 4 is 23.3 Å². The van der Waals surface area contributed by atoms with Crippen molar-refractivity contribution in [3.05, 3.63) is 29.3 Å². The van der Waals surface area contributed by atoms with E-state index in [9.17, 15) is 4.79 Å². The Hall–Kier alpha value is -1.26. The fourth-order valence-electron chi connectivity index (χ4n) is 0.742. The summed E-state index contributed by atoms with van der Waals surface area (Å²) in [6, 6.07) is 5.37. The summed E-state index contributed by atoms with van der Waals surface area (Å²) in [4.78, 5) is 10.5. The fourth-order valence-corrected chi connectivity index (χ4v) is 0.958. The molecular formula is C7H7ClN2O2. The molecule has 64 valence electrons. The van der Waals surface area contributed by atoms with Crippen molar-refractivity contribution in [2.75, 3.05) is 5.06 Å². The lowest BCUT2D eigenvalue weighted by molar-refractivity contribution is 0.212. The lowest BCUT2D eigenvalue weighted by Crippen LogP contribution is -2.32. The number of carbonyl (C=O) groups is 1. The molecule has 1 rings (SSSR count). The topological polar surface area (TPSA) is 66.6 Å². The molecule has 0 saturated carbocycles. The zero-order chi connectivity index (χ0) is 9.14. The minimum absolute atomic E-state index is 0.173. The number of para-hydroxylation sites is 1. The first kappa shape index (κ1) is 8.83. The summed E-state index contributed by atoms with van der Waals surface area (Å²) in [6.07, 6.45) is 0. The van der Waals surface area contributed by atoms with Gasteiger partial charge in [-0.05, 0) is 12.1 Å². The summed E-state index contributed by atoms with van der Waals surface area (Å²) in [7, 11) is 0. The van der Waals surface area contributed by atoms with Gasteiger partial charge in [0.1, 0.15) is 0 Å². The van der Waals surface area contributed by atoms with Gasteiger partial charge in [-0.15, -0.1) is 0 Å². The van der Waals surface area contributed by atoms with Gasteiger partial charge in [0.15, 0.2) is 0 Å². The lowest BCUT2D eigenvalue weighted by atomic mass is 10.3. The van der Waals surface area contributed by atoms with Crippen molar-refractivity contribution in [2.45, 2.75) is 0 Å². The molecule has 1 aromatic carbocycles. The van der Waals surface area contributed by atoms with E-state index in [1.54, 1.807) is 18.2 Å².